The fourth-order valence-electron chi connectivity index (χ4n) is 7.04. The maximum absolute atomic E-state index is 10.0. The highest BCUT2D eigenvalue weighted by molar-refractivity contribution is 7.11. The molecule has 0 spiro atoms. The molecular formula is C27H28N4S. The summed E-state index contributed by atoms with van der Waals surface area (Å²) >= 11 is 1.64. The molecule has 32 heavy (non-hydrogen) atoms. The van der Waals surface area contributed by atoms with Crippen LogP contribution in [0.5, 0.6) is 0 Å². The van der Waals surface area contributed by atoms with E-state index in [9.17, 15) is 5.26 Å². The number of allylic oxidation sites excluding steroid dienone is 1. The molecule has 0 saturated heterocycles. The van der Waals surface area contributed by atoms with Gasteiger partial charge in [0.15, 0.2) is 0 Å². The van der Waals surface area contributed by atoms with E-state index in [0.717, 1.165) is 45.4 Å². The van der Waals surface area contributed by atoms with E-state index in [1.807, 2.05) is 35.9 Å². The lowest BCUT2D eigenvalue weighted by atomic mass is 9.49. The molecule has 7 rings (SSSR count). The smallest absolute Gasteiger partial charge is 0.134 e. The second-order valence-electron chi connectivity index (χ2n) is 10.2. The third kappa shape index (κ3) is 3.16. The first-order valence-electron chi connectivity index (χ1n) is 11.7. The van der Waals surface area contributed by atoms with Gasteiger partial charge in [-0.15, -0.1) is 11.3 Å². The van der Waals surface area contributed by atoms with Gasteiger partial charge in [0.25, 0.3) is 0 Å². The molecule has 4 fully saturated rings. The molecule has 0 atom stereocenters. The Kier molecular flexibility index (Phi) is 4.62. The molecule has 0 aliphatic heterocycles. The van der Waals surface area contributed by atoms with Crippen molar-refractivity contribution in [1.82, 2.24) is 14.8 Å². The van der Waals surface area contributed by atoms with E-state index in [0.29, 0.717) is 5.57 Å². The van der Waals surface area contributed by atoms with Crippen LogP contribution in [0.4, 0.5) is 0 Å². The standard InChI is InChI=1S/C27H28N4S/c1-17-24(18(2)31(30-17)23-6-4-3-5-7-23)11-22(15-28)26-29-25(16-32-26)27-12-19-8-20(13-27)10-21(9-19)14-27/h3-7,11,16,19-21H,8-10,12-14H2,1-2H3/b22-11-. The summed E-state index contributed by atoms with van der Waals surface area (Å²) in [4.78, 5) is 5.09. The average Bonchev–Trinajstić information content (AvgIpc) is 3.38. The van der Waals surface area contributed by atoms with Crippen molar-refractivity contribution in [3.8, 4) is 11.8 Å². The van der Waals surface area contributed by atoms with Crippen molar-refractivity contribution >= 4 is 23.0 Å². The van der Waals surface area contributed by atoms with Crippen molar-refractivity contribution in [2.75, 3.05) is 0 Å². The Balaban J connectivity index is 1.34. The molecule has 0 unspecified atom stereocenters. The van der Waals surface area contributed by atoms with E-state index < -0.39 is 0 Å². The average molecular weight is 441 g/mol. The minimum absolute atomic E-state index is 0.272. The number of aromatic nitrogens is 3. The largest absolute Gasteiger partial charge is 0.240 e. The van der Waals surface area contributed by atoms with E-state index in [1.54, 1.807) is 11.3 Å². The number of hydrogen-bond acceptors (Lipinski definition) is 4. The third-order valence-electron chi connectivity index (χ3n) is 8.07. The Bertz CT molecular complexity index is 1210. The Labute approximate surface area is 193 Å². The van der Waals surface area contributed by atoms with Crippen LogP contribution in [0.2, 0.25) is 0 Å². The monoisotopic (exact) mass is 440 g/mol. The van der Waals surface area contributed by atoms with Crippen molar-refractivity contribution in [2.45, 2.75) is 57.8 Å². The molecule has 0 radical (unpaired) electrons. The third-order valence-corrected chi connectivity index (χ3v) is 8.95. The Morgan fingerprint density at radius 3 is 2.38 bits per heavy atom. The quantitative estimate of drug-likeness (QED) is 0.436. The van der Waals surface area contributed by atoms with Gasteiger partial charge in [-0.3, -0.25) is 0 Å². The summed E-state index contributed by atoms with van der Waals surface area (Å²) in [6.07, 6.45) is 10.2. The molecule has 4 nitrogen and oxygen atoms in total. The van der Waals surface area contributed by atoms with E-state index in [4.69, 9.17) is 10.1 Å². The zero-order chi connectivity index (χ0) is 21.9. The van der Waals surface area contributed by atoms with Crippen LogP contribution >= 0.6 is 11.3 Å². The number of nitriles is 1. The molecule has 4 bridgehead atoms. The minimum atomic E-state index is 0.272. The van der Waals surface area contributed by atoms with Crippen molar-refractivity contribution in [2.24, 2.45) is 17.8 Å². The first-order valence-corrected chi connectivity index (χ1v) is 12.6. The van der Waals surface area contributed by atoms with Crippen molar-refractivity contribution in [3.63, 3.8) is 0 Å². The molecule has 4 aliphatic rings. The van der Waals surface area contributed by atoms with Crippen LogP contribution < -0.4 is 0 Å². The van der Waals surface area contributed by atoms with E-state index in [1.165, 1.54) is 44.2 Å². The number of thiazole rings is 1. The van der Waals surface area contributed by atoms with Gasteiger partial charge in [-0.2, -0.15) is 10.4 Å². The van der Waals surface area contributed by atoms with Gasteiger partial charge in [-0.1, -0.05) is 18.2 Å². The maximum atomic E-state index is 10.0. The lowest BCUT2D eigenvalue weighted by molar-refractivity contribution is -0.00694. The summed E-state index contributed by atoms with van der Waals surface area (Å²) in [5.41, 5.74) is 6.18. The summed E-state index contributed by atoms with van der Waals surface area (Å²) < 4.78 is 1.96. The number of hydrogen-bond donors (Lipinski definition) is 0. The maximum Gasteiger partial charge on any atom is 0.134 e. The van der Waals surface area contributed by atoms with Gasteiger partial charge >= 0.3 is 0 Å². The SMILES string of the molecule is Cc1nn(-c2ccccc2)c(C)c1/C=C(/C#N)c1nc(C23CC4CC(CC(C4)C2)C3)cs1. The fraction of sp³-hybridized carbons (Fsp3) is 0.444. The second-order valence-corrected chi connectivity index (χ2v) is 11.1. The Morgan fingerprint density at radius 2 is 1.75 bits per heavy atom. The highest BCUT2D eigenvalue weighted by atomic mass is 32.1. The molecule has 2 heterocycles. The number of benzene rings is 1. The highest BCUT2D eigenvalue weighted by Gasteiger charge is 2.52. The van der Waals surface area contributed by atoms with Crippen LogP contribution in [-0.2, 0) is 5.41 Å². The van der Waals surface area contributed by atoms with Crippen molar-refractivity contribution in [3.05, 3.63) is 63.4 Å². The van der Waals surface area contributed by atoms with E-state index >= 15 is 0 Å². The van der Waals surface area contributed by atoms with E-state index in [-0.39, 0.29) is 5.41 Å². The number of rotatable bonds is 4. The lowest BCUT2D eigenvalue weighted by Crippen LogP contribution is -2.48. The Morgan fingerprint density at radius 1 is 1.09 bits per heavy atom. The van der Waals surface area contributed by atoms with Gasteiger partial charge in [0, 0.05) is 22.1 Å². The van der Waals surface area contributed by atoms with Gasteiger partial charge in [-0.05, 0) is 88.3 Å². The van der Waals surface area contributed by atoms with E-state index in [2.05, 4.69) is 30.5 Å². The number of nitrogens with zero attached hydrogens (tertiary/aromatic N) is 4. The highest BCUT2D eigenvalue weighted by Crippen LogP contribution is 2.60. The zero-order valence-corrected chi connectivity index (χ0v) is 19.5. The molecule has 4 saturated carbocycles. The molecule has 0 amide bonds. The van der Waals surface area contributed by atoms with Gasteiger partial charge in [0.05, 0.1) is 22.6 Å². The van der Waals surface area contributed by atoms with Crippen LogP contribution in [0, 0.1) is 42.9 Å². The predicted molar refractivity (Wildman–Crippen MR) is 128 cm³/mol. The van der Waals surface area contributed by atoms with Crippen LogP contribution in [0.3, 0.4) is 0 Å². The predicted octanol–water partition coefficient (Wildman–Crippen LogP) is 6.48. The van der Waals surface area contributed by atoms with Gasteiger partial charge in [0.1, 0.15) is 11.1 Å². The summed E-state index contributed by atoms with van der Waals surface area (Å²) in [7, 11) is 0. The summed E-state index contributed by atoms with van der Waals surface area (Å²) in [6, 6.07) is 12.6. The van der Waals surface area contributed by atoms with Crippen LogP contribution in [-0.4, -0.2) is 14.8 Å². The second kappa shape index (κ2) is 7.42. The van der Waals surface area contributed by atoms with Gasteiger partial charge in [-0.25, -0.2) is 9.67 Å². The number of aryl methyl sites for hydroxylation is 1. The molecule has 0 N–H and O–H groups in total. The summed E-state index contributed by atoms with van der Waals surface area (Å²) in [6.45, 7) is 4.08. The molecule has 2 aromatic heterocycles. The molecule has 162 valence electrons. The first kappa shape index (κ1) is 19.9. The molecule has 5 heteroatoms. The minimum Gasteiger partial charge on any atom is -0.240 e. The fourth-order valence-corrected chi connectivity index (χ4v) is 7.94. The molecular weight excluding hydrogens is 412 g/mol. The topological polar surface area (TPSA) is 54.5 Å². The van der Waals surface area contributed by atoms with Crippen LogP contribution in [0.15, 0.2) is 35.7 Å². The normalized spacial score (nSPS) is 28.8. The van der Waals surface area contributed by atoms with Gasteiger partial charge in [0.2, 0.25) is 0 Å². The Hall–Kier alpha value is -2.71. The van der Waals surface area contributed by atoms with Crippen molar-refractivity contribution in [1.29, 1.82) is 5.26 Å². The molecule has 4 aliphatic carbocycles. The summed E-state index contributed by atoms with van der Waals surface area (Å²) in [5, 5.41) is 17.9. The van der Waals surface area contributed by atoms with Crippen LogP contribution in [0.25, 0.3) is 17.3 Å². The zero-order valence-electron chi connectivity index (χ0n) is 18.7. The first-order chi connectivity index (χ1) is 15.5. The van der Waals surface area contributed by atoms with Crippen molar-refractivity contribution < 1.29 is 0 Å². The van der Waals surface area contributed by atoms with Crippen LogP contribution in [0.1, 0.15) is 66.2 Å². The number of para-hydroxylation sites is 1. The van der Waals surface area contributed by atoms with Gasteiger partial charge < -0.3 is 0 Å². The summed E-state index contributed by atoms with van der Waals surface area (Å²) in [5.74, 6) is 2.68. The molecule has 1 aromatic carbocycles. The lowest BCUT2D eigenvalue weighted by Gasteiger charge is -2.56. The molecule has 3 aromatic rings.